The minimum Gasteiger partial charge on any atom is -0.480 e. The van der Waals surface area contributed by atoms with Crippen molar-refractivity contribution in [3.8, 4) is 0 Å². The lowest BCUT2D eigenvalue weighted by atomic mass is 10.2. The van der Waals surface area contributed by atoms with Crippen LogP contribution in [0, 0.1) is 0 Å². The molecular weight excluding hydrogens is 338 g/mol. The molecule has 1 N–H and O–H groups in total. The fourth-order valence-corrected chi connectivity index (χ4v) is 5.92. The van der Waals surface area contributed by atoms with E-state index in [0.717, 1.165) is 5.56 Å². The highest BCUT2D eigenvalue weighted by atomic mass is 32.2. The molecule has 8 heteroatoms. The first kappa shape index (κ1) is 17.8. The number of amides is 1. The Morgan fingerprint density at radius 2 is 1.96 bits per heavy atom. The van der Waals surface area contributed by atoms with Gasteiger partial charge in [-0.1, -0.05) is 30.3 Å². The largest absolute Gasteiger partial charge is 0.480 e. The summed E-state index contributed by atoms with van der Waals surface area (Å²) < 4.78 is 22.8. The Morgan fingerprint density at radius 3 is 2.52 bits per heavy atom. The third-order valence-corrected chi connectivity index (χ3v) is 6.79. The maximum atomic E-state index is 12.3. The number of carbonyl (C=O) groups is 2. The van der Waals surface area contributed by atoms with Crippen LogP contribution >= 0.6 is 11.8 Å². The van der Waals surface area contributed by atoms with Crippen molar-refractivity contribution in [1.29, 1.82) is 0 Å². The maximum absolute atomic E-state index is 12.3. The molecule has 1 unspecified atom stereocenters. The number of hydrogen-bond acceptors (Lipinski definition) is 5. The van der Waals surface area contributed by atoms with Crippen molar-refractivity contribution in [2.75, 3.05) is 23.8 Å². The van der Waals surface area contributed by atoms with Gasteiger partial charge in [0, 0.05) is 11.8 Å². The Balaban J connectivity index is 1.92. The number of aliphatic carboxylic acids is 1. The molecule has 0 radical (unpaired) electrons. The number of carbonyl (C=O) groups excluding carboxylic acids is 1. The smallest absolute Gasteiger partial charge is 0.323 e. The second-order valence-electron chi connectivity index (χ2n) is 5.47. The van der Waals surface area contributed by atoms with Crippen LogP contribution in [0.4, 0.5) is 0 Å². The van der Waals surface area contributed by atoms with E-state index in [1.54, 1.807) is 0 Å². The molecule has 1 heterocycles. The molecule has 0 aromatic heterocycles. The summed E-state index contributed by atoms with van der Waals surface area (Å²) >= 11 is 1.30. The second kappa shape index (κ2) is 7.83. The first-order chi connectivity index (χ1) is 10.9. The zero-order valence-electron chi connectivity index (χ0n) is 12.6. The van der Waals surface area contributed by atoms with Gasteiger partial charge in [0.05, 0.1) is 17.3 Å². The summed E-state index contributed by atoms with van der Waals surface area (Å²) in [6.45, 7) is -0.132. The molecule has 23 heavy (non-hydrogen) atoms. The molecule has 0 bridgehead atoms. The molecule has 1 saturated heterocycles. The van der Waals surface area contributed by atoms with Gasteiger partial charge in [-0.15, -0.1) is 11.8 Å². The molecule has 1 aromatic rings. The molecule has 0 aliphatic carbocycles. The van der Waals surface area contributed by atoms with Crippen LogP contribution in [0.2, 0.25) is 0 Å². The normalized spacial score (nSPS) is 19.4. The Morgan fingerprint density at radius 1 is 1.26 bits per heavy atom. The summed E-state index contributed by atoms with van der Waals surface area (Å²) in [6, 6.07) is 9.18. The monoisotopic (exact) mass is 357 g/mol. The molecule has 1 aliphatic rings. The van der Waals surface area contributed by atoms with Crippen LogP contribution in [0.15, 0.2) is 30.3 Å². The van der Waals surface area contributed by atoms with E-state index in [1.165, 1.54) is 16.7 Å². The van der Waals surface area contributed by atoms with Crippen LogP contribution < -0.4 is 0 Å². The fourth-order valence-electron chi connectivity index (χ4n) is 2.37. The molecule has 126 valence electrons. The topological polar surface area (TPSA) is 91.8 Å². The fraction of sp³-hybridized carbons (Fsp3) is 0.467. The highest BCUT2D eigenvalue weighted by molar-refractivity contribution is 8.02. The van der Waals surface area contributed by atoms with Crippen LogP contribution in [-0.2, 0) is 26.0 Å². The lowest BCUT2D eigenvalue weighted by Crippen LogP contribution is -2.36. The summed E-state index contributed by atoms with van der Waals surface area (Å²) in [5, 5.41) is 8.90. The van der Waals surface area contributed by atoms with E-state index in [0.29, 0.717) is 6.42 Å². The number of rotatable bonds is 7. The van der Waals surface area contributed by atoms with E-state index >= 15 is 0 Å². The Labute approximate surface area is 139 Å². The van der Waals surface area contributed by atoms with Gasteiger partial charge < -0.3 is 10.0 Å². The van der Waals surface area contributed by atoms with Gasteiger partial charge >= 0.3 is 5.97 Å². The van der Waals surface area contributed by atoms with Crippen molar-refractivity contribution in [2.45, 2.75) is 18.2 Å². The molecule has 2 rings (SSSR count). The third-order valence-electron chi connectivity index (χ3n) is 3.53. The molecule has 1 aromatic carbocycles. The number of carboxylic acids is 1. The molecule has 0 saturated carbocycles. The molecule has 1 atom stereocenters. The van der Waals surface area contributed by atoms with Gasteiger partial charge in [0.1, 0.15) is 6.54 Å². The van der Waals surface area contributed by atoms with Gasteiger partial charge in [-0.25, -0.2) is 8.42 Å². The van der Waals surface area contributed by atoms with Crippen LogP contribution in [0.1, 0.15) is 12.0 Å². The molecular formula is C15H19NO5S2. The van der Waals surface area contributed by atoms with Gasteiger partial charge in [0.25, 0.3) is 0 Å². The number of benzene rings is 1. The van der Waals surface area contributed by atoms with Crippen molar-refractivity contribution < 1.29 is 23.1 Å². The highest BCUT2D eigenvalue weighted by Crippen LogP contribution is 2.24. The molecule has 6 nitrogen and oxygen atoms in total. The minimum atomic E-state index is -2.97. The zero-order chi connectivity index (χ0) is 16.9. The first-order valence-electron chi connectivity index (χ1n) is 7.21. The molecule has 1 aliphatic heterocycles. The number of thioether (sulfide) groups is 1. The quantitative estimate of drug-likeness (QED) is 0.783. The van der Waals surface area contributed by atoms with E-state index in [-0.39, 0.29) is 41.5 Å². The van der Waals surface area contributed by atoms with Crippen molar-refractivity contribution in [3.05, 3.63) is 35.9 Å². The summed E-state index contributed by atoms with van der Waals surface area (Å²) in [7, 11) is -2.97. The predicted octanol–water partition coefficient (Wildman–Crippen LogP) is 1.02. The molecule has 0 spiro atoms. The van der Waals surface area contributed by atoms with Gasteiger partial charge in [-0.05, 0) is 12.0 Å². The van der Waals surface area contributed by atoms with Gasteiger partial charge in [0.15, 0.2) is 9.84 Å². The van der Waals surface area contributed by atoms with Gasteiger partial charge in [-0.3, -0.25) is 9.59 Å². The van der Waals surface area contributed by atoms with Crippen LogP contribution in [-0.4, -0.2) is 59.4 Å². The lowest BCUT2D eigenvalue weighted by Gasteiger charge is -2.21. The Hall–Kier alpha value is -1.54. The number of carboxylic acid groups (broad SMARTS) is 1. The zero-order valence-corrected chi connectivity index (χ0v) is 14.2. The summed E-state index contributed by atoms with van der Waals surface area (Å²) in [5.74, 6) is -0.988. The maximum Gasteiger partial charge on any atom is 0.323 e. The second-order valence-corrected chi connectivity index (χ2v) is 8.98. The van der Waals surface area contributed by atoms with Gasteiger partial charge in [-0.2, -0.15) is 0 Å². The number of nitrogens with zero attached hydrogens (tertiary/aromatic N) is 1. The van der Waals surface area contributed by atoms with Crippen molar-refractivity contribution in [3.63, 3.8) is 0 Å². The first-order valence-corrected chi connectivity index (χ1v) is 10.1. The predicted molar refractivity (Wildman–Crippen MR) is 89.0 cm³/mol. The van der Waals surface area contributed by atoms with E-state index < -0.39 is 15.8 Å². The average Bonchev–Trinajstić information content (AvgIpc) is 2.84. The van der Waals surface area contributed by atoms with Crippen LogP contribution in [0.25, 0.3) is 0 Å². The highest BCUT2D eigenvalue weighted by Gasteiger charge is 2.29. The molecule has 1 fully saturated rings. The summed E-state index contributed by atoms with van der Waals surface area (Å²) in [6.07, 6.45) is 0.553. The van der Waals surface area contributed by atoms with Crippen molar-refractivity contribution in [1.82, 2.24) is 4.90 Å². The van der Waals surface area contributed by atoms with Crippen molar-refractivity contribution >= 4 is 33.5 Å². The molecule has 1 amide bonds. The minimum absolute atomic E-state index is 0.0765. The average molecular weight is 357 g/mol. The van der Waals surface area contributed by atoms with Crippen LogP contribution in [0.3, 0.4) is 0 Å². The Kier molecular flexibility index (Phi) is 6.06. The summed E-state index contributed by atoms with van der Waals surface area (Å²) in [5.41, 5.74) is 0.857. The Bertz CT molecular complexity index is 660. The lowest BCUT2D eigenvalue weighted by molar-refractivity contribution is -0.143. The van der Waals surface area contributed by atoms with E-state index in [4.69, 9.17) is 5.11 Å². The number of sulfone groups is 1. The SMILES string of the molecule is O=C(O)CN(Cc1ccccc1)C(=O)CSC1CCS(=O)(=O)C1. The van der Waals surface area contributed by atoms with Crippen LogP contribution in [0.5, 0.6) is 0 Å². The standard InChI is InChI=1S/C15H19NO5S2/c17-14(10-22-13-6-7-23(20,21)11-13)16(9-15(18)19)8-12-4-2-1-3-5-12/h1-5,13H,6-11H2,(H,18,19). The number of hydrogen-bond donors (Lipinski definition) is 1. The van der Waals surface area contributed by atoms with Gasteiger partial charge in [0.2, 0.25) is 5.91 Å². The van der Waals surface area contributed by atoms with E-state index in [1.807, 2.05) is 30.3 Å². The van der Waals surface area contributed by atoms with Crippen molar-refractivity contribution in [2.24, 2.45) is 0 Å². The third kappa shape index (κ3) is 5.87. The van der Waals surface area contributed by atoms with E-state index in [2.05, 4.69) is 0 Å². The van der Waals surface area contributed by atoms with E-state index in [9.17, 15) is 18.0 Å². The summed E-state index contributed by atoms with van der Waals surface area (Å²) in [4.78, 5) is 24.5.